The smallest absolute Gasteiger partial charge is 0.125 e. The number of imidazole rings is 1. The summed E-state index contributed by atoms with van der Waals surface area (Å²) in [6.45, 7) is 0.630. The highest BCUT2D eigenvalue weighted by atomic mass is 35.5. The van der Waals surface area contributed by atoms with Gasteiger partial charge in [-0.25, -0.2) is 15.0 Å². The number of alkyl halides is 1. The summed E-state index contributed by atoms with van der Waals surface area (Å²) in [5, 5.41) is 0. The summed E-state index contributed by atoms with van der Waals surface area (Å²) in [7, 11) is 0. The van der Waals surface area contributed by atoms with E-state index in [0.29, 0.717) is 12.4 Å². The molecule has 0 aliphatic rings. The van der Waals surface area contributed by atoms with Crippen LogP contribution >= 0.6 is 11.6 Å². The summed E-state index contributed by atoms with van der Waals surface area (Å²) in [5.74, 6) is 1.18. The van der Waals surface area contributed by atoms with E-state index in [2.05, 4.69) is 19.9 Å². The van der Waals surface area contributed by atoms with Crippen LogP contribution in [0.3, 0.4) is 0 Å². The first-order valence-corrected chi connectivity index (χ1v) is 6.02. The minimum Gasteiger partial charge on any atom is -0.321 e. The van der Waals surface area contributed by atoms with Gasteiger partial charge in [0, 0.05) is 12.4 Å². The number of aromatic nitrogens is 5. The van der Waals surface area contributed by atoms with Crippen LogP contribution in [-0.4, -0.2) is 24.5 Å². The van der Waals surface area contributed by atoms with E-state index in [1.54, 1.807) is 18.6 Å². The zero-order chi connectivity index (χ0) is 12.4. The van der Waals surface area contributed by atoms with Gasteiger partial charge >= 0.3 is 0 Å². The van der Waals surface area contributed by atoms with Crippen molar-refractivity contribution in [3.8, 4) is 0 Å². The lowest BCUT2D eigenvalue weighted by atomic mass is 10.3. The lowest BCUT2D eigenvalue weighted by molar-refractivity contribution is 0.754. The van der Waals surface area contributed by atoms with E-state index in [9.17, 15) is 0 Å². The van der Waals surface area contributed by atoms with Crippen LogP contribution in [0.25, 0.3) is 11.0 Å². The molecule has 5 nitrogen and oxygen atoms in total. The van der Waals surface area contributed by atoms with Gasteiger partial charge in [0.25, 0.3) is 0 Å². The van der Waals surface area contributed by atoms with Crippen molar-refractivity contribution in [2.45, 2.75) is 12.4 Å². The maximum absolute atomic E-state index is 5.93. The molecule has 0 saturated carbocycles. The van der Waals surface area contributed by atoms with Gasteiger partial charge in [0.05, 0.1) is 29.8 Å². The number of fused-ring (bicyclic) bond motifs is 1. The molecule has 6 heteroatoms. The van der Waals surface area contributed by atoms with Gasteiger partial charge in [0.1, 0.15) is 17.7 Å². The highest BCUT2D eigenvalue weighted by Gasteiger charge is 2.10. The number of halogens is 1. The zero-order valence-corrected chi connectivity index (χ0v) is 10.2. The van der Waals surface area contributed by atoms with Gasteiger partial charge < -0.3 is 4.57 Å². The number of nitrogens with zero attached hydrogens (tertiary/aromatic N) is 5. The van der Waals surface area contributed by atoms with Gasteiger partial charge in [-0.3, -0.25) is 4.98 Å². The van der Waals surface area contributed by atoms with Crippen LogP contribution < -0.4 is 0 Å². The minimum absolute atomic E-state index is 0.361. The Morgan fingerprint density at radius 1 is 1.17 bits per heavy atom. The molecule has 18 heavy (non-hydrogen) atoms. The molecule has 0 saturated heterocycles. The summed E-state index contributed by atoms with van der Waals surface area (Å²) in [6.07, 6.45) is 6.75. The molecular weight excluding hydrogens is 250 g/mol. The Bertz CT molecular complexity index is 665. The van der Waals surface area contributed by atoms with Crippen LogP contribution in [0.2, 0.25) is 0 Å². The van der Waals surface area contributed by atoms with Gasteiger partial charge in [0.2, 0.25) is 0 Å². The number of pyridine rings is 1. The first-order chi connectivity index (χ1) is 8.88. The molecular formula is C12H10ClN5. The number of hydrogen-bond donors (Lipinski definition) is 0. The van der Waals surface area contributed by atoms with Crippen molar-refractivity contribution in [1.29, 1.82) is 0 Å². The first kappa shape index (κ1) is 11.1. The Morgan fingerprint density at radius 2 is 2.06 bits per heavy atom. The predicted molar refractivity (Wildman–Crippen MR) is 68.2 cm³/mol. The molecule has 3 heterocycles. The predicted octanol–water partition coefficient (Wildman–Crippen LogP) is 2.01. The minimum atomic E-state index is 0.361. The number of hydrogen-bond acceptors (Lipinski definition) is 4. The molecule has 0 unspecified atom stereocenters. The second-order valence-electron chi connectivity index (χ2n) is 3.81. The third-order valence-electron chi connectivity index (χ3n) is 2.71. The SMILES string of the molecule is ClCc1nc2cnccc2n1Cc1ccncn1. The van der Waals surface area contributed by atoms with Crippen molar-refractivity contribution < 1.29 is 0 Å². The average molecular weight is 260 g/mol. The van der Waals surface area contributed by atoms with Crippen LogP contribution in [0.1, 0.15) is 11.5 Å². The topological polar surface area (TPSA) is 56.5 Å². The third kappa shape index (κ3) is 1.93. The van der Waals surface area contributed by atoms with E-state index in [1.165, 1.54) is 6.33 Å². The van der Waals surface area contributed by atoms with Crippen molar-refractivity contribution >= 4 is 22.6 Å². The lowest BCUT2D eigenvalue weighted by Crippen LogP contribution is -2.05. The molecule has 0 atom stereocenters. The van der Waals surface area contributed by atoms with Crippen molar-refractivity contribution in [2.75, 3.05) is 0 Å². The Kier molecular flexibility index (Phi) is 2.90. The molecule has 0 aromatic carbocycles. The second-order valence-corrected chi connectivity index (χ2v) is 4.08. The number of rotatable bonds is 3. The van der Waals surface area contributed by atoms with Gasteiger partial charge in [-0.1, -0.05) is 0 Å². The second kappa shape index (κ2) is 4.70. The summed E-state index contributed by atoms with van der Waals surface area (Å²) >= 11 is 5.93. The van der Waals surface area contributed by atoms with Gasteiger partial charge in [-0.05, 0) is 12.1 Å². The Balaban J connectivity index is 2.10. The summed E-state index contributed by atoms with van der Waals surface area (Å²) in [6, 6.07) is 3.81. The van der Waals surface area contributed by atoms with E-state index in [1.807, 2.05) is 16.7 Å². The quantitative estimate of drug-likeness (QED) is 0.675. The molecule has 90 valence electrons. The standard InChI is InChI=1S/C12H10ClN5/c13-5-12-17-10-6-14-4-2-11(10)18(12)7-9-1-3-15-8-16-9/h1-4,6,8H,5,7H2. The molecule has 0 amide bonds. The van der Waals surface area contributed by atoms with Crippen LogP contribution in [0.15, 0.2) is 37.1 Å². The fourth-order valence-corrected chi connectivity index (χ4v) is 2.09. The molecule has 0 fully saturated rings. The fourth-order valence-electron chi connectivity index (χ4n) is 1.88. The maximum Gasteiger partial charge on any atom is 0.125 e. The summed E-state index contributed by atoms with van der Waals surface area (Å²) < 4.78 is 2.05. The van der Waals surface area contributed by atoms with Crippen molar-refractivity contribution in [3.05, 3.63) is 48.6 Å². The van der Waals surface area contributed by atoms with Crippen LogP contribution in [0.4, 0.5) is 0 Å². The summed E-state index contributed by atoms with van der Waals surface area (Å²) in [4.78, 5) is 16.6. The van der Waals surface area contributed by atoms with E-state index in [0.717, 1.165) is 22.6 Å². The normalized spacial score (nSPS) is 10.9. The molecule has 0 aliphatic heterocycles. The zero-order valence-electron chi connectivity index (χ0n) is 9.49. The monoisotopic (exact) mass is 259 g/mol. The van der Waals surface area contributed by atoms with Gasteiger partial charge in [-0.15, -0.1) is 11.6 Å². The maximum atomic E-state index is 5.93. The van der Waals surface area contributed by atoms with E-state index in [4.69, 9.17) is 11.6 Å². The molecule has 0 aliphatic carbocycles. The van der Waals surface area contributed by atoms with E-state index < -0.39 is 0 Å². The highest BCUT2D eigenvalue weighted by molar-refractivity contribution is 6.16. The lowest BCUT2D eigenvalue weighted by Gasteiger charge is -2.06. The molecule has 3 rings (SSSR count). The molecule has 3 aromatic heterocycles. The van der Waals surface area contributed by atoms with Crippen LogP contribution in [-0.2, 0) is 12.4 Å². The molecule has 0 N–H and O–H groups in total. The fraction of sp³-hybridized carbons (Fsp3) is 0.167. The van der Waals surface area contributed by atoms with E-state index >= 15 is 0 Å². The average Bonchev–Trinajstić information content (AvgIpc) is 2.78. The van der Waals surface area contributed by atoms with Gasteiger partial charge in [0.15, 0.2) is 0 Å². The Labute approximate surface area is 109 Å². The van der Waals surface area contributed by atoms with Crippen molar-refractivity contribution in [1.82, 2.24) is 24.5 Å². The third-order valence-corrected chi connectivity index (χ3v) is 2.95. The highest BCUT2D eigenvalue weighted by Crippen LogP contribution is 2.17. The van der Waals surface area contributed by atoms with Gasteiger partial charge in [-0.2, -0.15) is 0 Å². The van der Waals surface area contributed by atoms with Crippen molar-refractivity contribution in [2.24, 2.45) is 0 Å². The molecule has 0 spiro atoms. The molecule has 0 radical (unpaired) electrons. The Hall–Kier alpha value is -2.01. The van der Waals surface area contributed by atoms with E-state index in [-0.39, 0.29) is 0 Å². The largest absolute Gasteiger partial charge is 0.321 e. The molecule has 0 bridgehead atoms. The first-order valence-electron chi connectivity index (χ1n) is 5.48. The van der Waals surface area contributed by atoms with Crippen LogP contribution in [0.5, 0.6) is 0 Å². The molecule has 3 aromatic rings. The Morgan fingerprint density at radius 3 is 2.83 bits per heavy atom. The van der Waals surface area contributed by atoms with Crippen LogP contribution in [0, 0.1) is 0 Å². The summed E-state index contributed by atoms with van der Waals surface area (Å²) in [5.41, 5.74) is 2.79. The van der Waals surface area contributed by atoms with Crippen molar-refractivity contribution in [3.63, 3.8) is 0 Å².